The minimum atomic E-state index is 0.272. The molecule has 2 aliphatic rings. The summed E-state index contributed by atoms with van der Waals surface area (Å²) in [5.74, 6) is 0.329. The number of hydrogen-bond donors (Lipinski definition) is 1. The molecule has 3 rings (SSSR count). The van der Waals surface area contributed by atoms with E-state index in [4.69, 9.17) is 5.73 Å². The van der Waals surface area contributed by atoms with Gasteiger partial charge in [0.25, 0.3) is 0 Å². The van der Waals surface area contributed by atoms with Gasteiger partial charge in [0.15, 0.2) is 0 Å². The number of carbonyl (C=O) groups excluding carboxylic acids is 1. The van der Waals surface area contributed by atoms with E-state index < -0.39 is 0 Å². The summed E-state index contributed by atoms with van der Waals surface area (Å²) in [6, 6.07) is 9.15. The Balaban J connectivity index is 1.78. The number of benzene rings is 1. The van der Waals surface area contributed by atoms with Crippen molar-refractivity contribution >= 4 is 5.91 Å². The zero-order valence-electron chi connectivity index (χ0n) is 12.1. The maximum absolute atomic E-state index is 11.8. The summed E-state index contributed by atoms with van der Waals surface area (Å²) in [4.78, 5) is 16.3. The number of nitrogens with two attached hydrogens (primary N) is 1. The van der Waals surface area contributed by atoms with Gasteiger partial charge in [-0.2, -0.15) is 0 Å². The van der Waals surface area contributed by atoms with Crippen molar-refractivity contribution in [1.82, 2.24) is 9.80 Å². The van der Waals surface area contributed by atoms with Crippen LogP contribution in [-0.4, -0.2) is 47.9 Å². The first-order chi connectivity index (χ1) is 9.70. The molecule has 1 amide bonds. The quantitative estimate of drug-likeness (QED) is 0.903. The van der Waals surface area contributed by atoms with E-state index in [0.29, 0.717) is 18.5 Å². The fourth-order valence-corrected chi connectivity index (χ4v) is 3.60. The summed E-state index contributed by atoms with van der Waals surface area (Å²) in [6.07, 6.45) is 1.72. The molecule has 0 spiro atoms. The van der Waals surface area contributed by atoms with Gasteiger partial charge in [0, 0.05) is 44.7 Å². The minimum Gasteiger partial charge on any atom is -0.337 e. The monoisotopic (exact) mass is 273 g/mol. The van der Waals surface area contributed by atoms with Crippen molar-refractivity contribution in [2.24, 2.45) is 5.73 Å². The number of aryl methyl sites for hydroxylation is 1. The lowest BCUT2D eigenvalue weighted by atomic mass is 9.98. The molecule has 0 bridgehead atoms. The van der Waals surface area contributed by atoms with Crippen LogP contribution >= 0.6 is 0 Å². The highest BCUT2D eigenvalue weighted by Crippen LogP contribution is 2.29. The SMILES string of the molecule is Cc1ccccc1C(CN)N1CCN2C(=O)CCC2C1. The van der Waals surface area contributed by atoms with Gasteiger partial charge in [0.1, 0.15) is 0 Å². The first kappa shape index (κ1) is 13.6. The third-order valence-corrected chi connectivity index (χ3v) is 4.74. The van der Waals surface area contributed by atoms with Crippen molar-refractivity contribution < 1.29 is 4.79 Å². The molecule has 0 aliphatic carbocycles. The van der Waals surface area contributed by atoms with Crippen LogP contribution in [0.25, 0.3) is 0 Å². The molecule has 20 heavy (non-hydrogen) atoms. The molecule has 108 valence electrons. The van der Waals surface area contributed by atoms with E-state index in [0.717, 1.165) is 32.5 Å². The van der Waals surface area contributed by atoms with Gasteiger partial charge in [-0.3, -0.25) is 9.69 Å². The minimum absolute atomic E-state index is 0.272. The van der Waals surface area contributed by atoms with Crippen LogP contribution in [0.1, 0.15) is 30.0 Å². The second kappa shape index (κ2) is 5.54. The first-order valence-corrected chi connectivity index (χ1v) is 7.50. The van der Waals surface area contributed by atoms with Crippen LogP contribution in [-0.2, 0) is 4.79 Å². The number of nitrogens with zero attached hydrogens (tertiary/aromatic N) is 2. The van der Waals surface area contributed by atoms with Crippen LogP contribution in [0.2, 0.25) is 0 Å². The Bertz CT molecular complexity index is 502. The lowest BCUT2D eigenvalue weighted by molar-refractivity contribution is -0.131. The number of hydrogen-bond acceptors (Lipinski definition) is 3. The normalized spacial score (nSPS) is 24.8. The van der Waals surface area contributed by atoms with E-state index in [1.54, 1.807) is 0 Å². The molecule has 1 aromatic rings. The van der Waals surface area contributed by atoms with Gasteiger partial charge in [-0.15, -0.1) is 0 Å². The van der Waals surface area contributed by atoms with E-state index in [9.17, 15) is 4.79 Å². The van der Waals surface area contributed by atoms with Crippen LogP contribution in [0.4, 0.5) is 0 Å². The highest BCUT2D eigenvalue weighted by Gasteiger charge is 2.37. The molecule has 2 heterocycles. The third kappa shape index (κ3) is 2.34. The van der Waals surface area contributed by atoms with Gasteiger partial charge in [0.05, 0.1) is 0 Å². The Kier molecular flexibility index (Phi) is 3.76. The topological polar surface area (TPSA) is 49.6 Å². The number of amides is 1. The predicted octanol–water partition coefficient (Wildman–Crippen LogP) is 1.30. The Labute approximate surface area is 120 Å². The second-order valence-corrected chi connectivity index (χ2v) is 5.88. The van der Waals surface area contributed by atoms with Crippen molar-refractivity contribution in [3.8, 4) is 0 Å². The molecule has 2 atom stereocenters. The summed E-state index contributed by atoms with van der Waals surface area (Å²) < 4.78 is 0. The molecule has 0 aromatic heterocycles. The van der Waals surface area contributed by atoms with Gasteiger partial charge in [-0.05, 0) is 24.5 Å². The fraction of sp³-hybridized carbons (Fsp3) is 0.562. The Morgan fingerprint density at radius 3 is 2.90 bits per heavy atom. The van der Waals surface area contributed by atoms with Gasteiger partial charge in [-0.1, -0.05) is 24.3 Å². The summed E-state index contributed by atoms with van der Waals surface area (Å²) in [6.45, 7) is 5.52. The van der Waals surface area contributed by atoms with Crippen molar-refractivity contribution in [3.63, 3.8) is 0 Å². The Morgan fingerprint density at radius 2 is 2.15 bits per heavy atom. The molecule has 2 N–H and O–H groups in total. The summed E-state index contributed by atoms with van der Waals surface area (Å²) in [5, 5.41) is 0. The molecule has 1 aromatic carbocycles. The first-order valence-electron chi connectivity index (χ1n) is 7.50. The lowest BCUT2D eigenvalue weighted by Crippen LogP contribution is -2.53. The average molecular weight is 273 g/mol. The number of piperazine rings is 1. The fourth-order valence-electron chi connectivity index (χ4n) is 3.60. The van der Waals surface area contributed by atoms with Gasteiger partial charge in [0.2, 0.25) is 5.91 Å². The van der Waals surface area contributed by atoms with Crippen LogP contribution in [0.15, 0.2) is 24.3 Å². The maximum Gasteiger partial charge on any atom is 0.222 e. The third-order valence-electron chi connectivity index (χ3n) is 4.74. The largest absolute Gasteiger partial charge is 0.337 e. The number of fused-ring (bicyclic) bond motifs is 1. The smallest absolute Gasteiger partial charge is 0.222 e. The molecule has 2 fully saturated rings. The van der Waals surface area contributed by atoms with Crippen molar-refractivity contribution in [3.05, 3.63) is 35.4 Å². The maximum atomic E-state index is 11.8. The van der Waals surface area contributed by atoms with Crippen molar-refractivity contribution in [1.29, 1.82) is 0 Å². The van der Waals surface area contributed by atoms with Crippen molar-refractivity contribution in [2.45, 2.75) is 31.8 Å². The van der Waals surface area contributed by atoms with Gasteiger partial charge >= 0.3 is 0 Å². The molecule has 4 heteroatoms. The summed E-state index contributed by atoms with van der Waals surface area (Å²) in [7, 11) is 0. The Morgan fingerprint density at radius 1 is 1.35 bits per heavy atom. The number of rotatable bonds is 3. The molecule has 0 radical (unpaired) electrons. The van der Waals surface area contributed by atoms with Crippen LogP contribution < -0.4 is 5.73 Å². The molecule has 2 unspecified atom stereocenters. The lowest BCUT2D eigenvalue weighted by Gasteiger charge is -2.41. The second-order valence-electron chi connectivity index (χ2n) is 5.88. The van der Waals surface area contributed by atoms with Crippen LogP contribution in [0, 0.1) is 6.92 Å². The molecular formula is C16H23N3O. The highest BCUT2D eigenvalue weighted by molar-refractivity contribution is 5.78. The van der Waals surface area contributed by atoms with Crippen molar-refractivity contribution in [2.75, 3.05) is 26.2 Å². The van der Waals surface area contributed by atoms with E-state index >= 15 is 0 Å². The van der Waals surface area contributed by atoms with Gasteiger partial charge < -0.3 is 10.6 Å². The predicted molar refractivity (Wildman–Crippen MR) is 79.3 cm³/mol. The molecule has 0 saturated carbocycles. The molecule has 2 saturated heterocycles. The molecular weight excluding hydrogens is 250 g/mol. The van der Waals surface area contributed by atoms with Crippen LogP contribution in [0.5, 0.6) is 0 Å². The zero-order chi connectivity index (χ0) is 14.1. The highest BCUT2D eigenvalue weighted by atomic mass is 16.2. The summed E-state index contributed by atoms with van der Waals surface area (Å²) >= 11 is 0. The standard InChI is InChI=1S/C16H23N3O/c1-12-4-2-3-5-14(12)15(10-17)18-8-9-19-13(11-18)6-7-16(19)20/h2-5,13,15H,6-11,17H2,1H3. The van der Waals surface area contributed by atoms with E-state index in [2.05, 4.69) is 41.0 Å². The van der Waals surface area contributed by atoms with E-state index in [1.165, 1.54) is 11.1 Å². The number of carbonyl (C=O) groups is 1. The molecule has 2 aliphatic heterocycles. The van der Waals surface area contributed by atoms with Crippen LogP contribution in [0.3, 0.4) is 0 Å². The van der Waals surface area contributed by atoms with E-state index in [-0.39, 0.29) is 6.04 Å². The van der Waals surface area contributed by atoms with E-state index in [1.807, 2.05) is 0 Å². The summed E-state index contributed by atoms with van der Waals surface area (Å²) in [5.41, 5.74) is 8.67. The zero-order valence-corrected chi connectivity index (χ0v) is 12.1. The average Bonchev–Trinajstić information content (AvgIpc) is 2.83. The van der Waals surface area contributed by atoms with Gasteiger partial charge in [-0.25, -0.2) is 0 Å². The molecule has 4 nitrogen and oxygen atoms in total. The Hall–Kier alpha value is -1.39.